The van der Waals surface area contributed by atoms with Gasteiger partial charge in [0.1, 0.15) is 0 Å². The number of amides is 1. The van der Waals surface area contributed by atoms with Gasteiger partial charge in [-0.2, -0.15) is 13.2 Å². The highest BCUT2D eigenvalue weighted by Gasteiger charge is 2.40. The minimum Gasteiger partial charge on any atom is -0.478 e. The first-order chi connectivity index (χ1) is 8.62. The summed E-state index contributed by atoms with van der Waals surface area (Å²) >= 11 is 0. The number of nitro groups is 1. The number of nitrogens with one attached hydrogen (secondary N) is 1. The zero-order chi connectivity index (χ0) is 14.8. The number of rotatable bonds is 3. The molecule has 0 aliphatic carbocycles. The molecule has 0 aliphatic rings. The average molecular weight is 279 g/mol. The van der Waals surface area contributed by atoms with Gasteiger partial charge in [-0.3, -0.25) is 20.2 Å². The van der Waals surface area contributed by atoms with Crippen LogP contribution < -0.4 is 5.32 Å². The van der Waals surface area contributed by atoms with E-state index in [2.05, 4.69) is 4.98 Å². The van der Waals surface area contributed by atoms with Crippen LogP contribution in [0.25, 0.3) is 0 Å². The number of aromatic carboxylic acids is 1. The molecule has 0 atom stereocenters. The molecule has 0 saturated carbocycles. The van der Waals surface area contributed by atoms with Crippen molar-refractivity contribution in [3.63, 3.8) is 0 Å². The topological polar surface area (TPSA) is 122 Å². The molecule has 0 unspecified atom stereocenters. The number of halogens is 3. The quantitative estimate of drug-likeness (QED) is 0.632. The van der Waals surface area contributed by atoms with Gasteiger partial charge in [-0.05, 0) is 0 Å². The molecule has 1 rings (SSSR count). The third kappa shape index (κ3) is 3.37. The number of carbonyl (C=O) groups excluding carboxylic acids is 1. The Kier molecular flexibility index (Phi) is 3.68. The molecule has 1 heterocycles. The number of carboxylic acids is 1. The van der Waals surface area contributed by atoms with Crippen LogP contribution in [0.3, 0.4) is 0 Å². The van der Waals surface area contributed by atoms with Crippen LogP contribution >= 0.6 is 0 Å². The van der Waals surface area contributed by atoms with Gasteiger partial charge in [0.2, 0.25) is 5.82 Å². The molecule has 8 nitrogen and oxygen atoms in total. The molecule has 0 radical (unpaired) electrons. The normalized spacial score (nSPS) is 10.9. The lowest BCUT2D eigenvalue weighted by atomic mass is 10.2. The fourth-order valence-electron chi connectivity index (χ4n) is 0.984. The molecule has 1 aromatic heterocycles. The van der Waals surface area contributed by atoms with E-state index in [-0.39, 0.29) is 0 Å². The molecular weight excluding hydrogens is 275 g/mol. The van der Waals surface area contributed by atoms with Crippen molar-refractivity contribution in [1.82, 2.24) is 4.98 Å². The Hall–Kier alpha value is -2.72. The highest BCUT2D eigenvalue weighted by atomic mass is 19.4. The first kappa shape index (κ1) is 14.3. The van der Waals surface area contributed by atoms with Crippen LogP contribution in [0, 0.1) is 10.1 Å². The molecule has 19 heavy (non-hydrogen) atoms. The van der Waals surface area contributed by atoms with Crippen molar-refractivity contribution < 1.29 is 32.8 Å². The van der Waals surface area contributed by atoms with Gasteiger partial charge in [0.05, 0.1) is 10.5 Å². The summed E-state index contributed by atoms with van der Waals surface area (Å²) in [6, 6.07) is 0.487. The third-order valence-electron chi connectivity index (χ3n) is 1.80. The van der Waals surface area contributed by atoms with E-state index in [4.69, 9.17) is 5.11 Å². The van der Waals surface area contributed by atoms with E-state index in [0.717, 1.165) is 0 Å². The van der Waals surface area contributed by atoms with Gasteiger partial charge >= 0.3 is 23.7 Å². The standard InChI is InChI=1S/C8H4F3N3O5/c9-8(10,11)7(17)13-5-4(14(18)19)1-3(2-12-5)6(15)16/h1-2H,(H,15,16)(H,12,13,17). The molecule has 0 saturated heterocycles. The maximum atomic E-state index is 12.0. The van der Waals surface area contributed by atoms with Gasteiger partial charge in [-0.1, -0.05) is 0 Å². The van der Waals surface area contributed by atoms with Crippen LogP contribution in [0.4, 0.5) is 24.7 Å². The number of nitrogens with zero attached hydrogens (tertiary/aromatic N) is 2. The molecule has 0 aromatic carbocycles. The smallest absolute Gasteiger partial charge is 0.471 e. The number of carboxylic acid groups (broad SMARTS) is 1. The second kappa shape index (κ2) is 4.88. The summed E-state index contributed by atoms with van der Waals surface area (Å²) in [6.07, 6.45) is -4.66. The van der Waals surface area contributed by atoms with E-state index in [9.17, 15) is 32.9 Å². The lowest BCUT2D eigenvalue weighted by Gasteiger charge is -2.07. The van der Waals surface area contributed by atoms with Gasteiger partial charge in [-0.15, -0.1) is 0 Å². The number of hydrogen-bond donors (Lipinski definition) is 2. The maximum absolute atomic E-state index is 12.0. The molecule has 1 amide bonds. The van der Waals surface area contributed by atoms with Crippen molar-refractivity contribution in [2.45, 2.75) is 6.18 Å². The van der Waals surface area contributed by atoms with E-state index in [1.165, 1.54) is 5.32 Å². The summed E-state index contributed by atoms with van der Waals surface area (Å²) in [6.45, 7) is 0. The summed E-state index contributed by atoms with van der Waals surface area (Å²) in [4.78, 5) is 33.7. The van der Waals surface area contributed by atoms with Crippen LogP contribution in [-0.2, 0) is 4.79 Å². The summed E-state index contributed by atoms with van der Waals surface area (Å²) in [5.74, 6) is -4.99. The Morgan fingerprint density at radius 1 is 1.42 bits per heavy atom. The first-order valence-electron chi connectivity index (χ1n) is 4.39. The summed E-state index contributed by atoms with van der Waals surface area (Å²) in [5, 5.41) is 20.3. The van der Waals surface area contributed by atoms with Crippen molar-refractivity contribution in [1.29, 1.82) is 0 Å². The molecule has 0 aliphatic heterocycles. The molecule has 0 spiro atoms. The minimum atomic E-state index is -5.25. The fraction of sp³-hybridized carbons (Fsp3) is 0.125. The van der Waals surface area contributed by atoms with Crippen LogP contribution in [0.1, 0.15) is 10.4 Å². The van der Waals surface area contributed by atoms with Crippen molar-refractivity contribution in [2.75, 3.05) is 5.32 Å². The SMILES string of the molecule is O=C(O)c1cnc(NC(=O)C(F)(F)F)c([N+](=O)[O-])c1. The van der Waals surface area contributed by atoms with Crippen LogP contribution in [0.5, 0.6) is 0 Å². The Morgan fingerprint density at radius 2 is 2.00 bits per heavy atom. The predicted octanol–water partition coefficient (Wildman–Crippen LogP) is 1.19. The summed E-state index contributed by atoms with van der Waals surface area (Å²) in [7, 11) is 0. The number of carbonyl (C=O) groups is 2. The largest absolute Gasteiger partial charge is 0.478 e. The zero-order valence-electron chi connectivity index (χ0n) is 8.76. The van der Waals surface area contributed by atoms with Gasteiger partial charge in [0.25, 0.3) is 0 Å². The molecular formula is C8H4F3N3O5. The van der Waals surface area contributed by atoms with Crippen LogP contribution in [-0.4, -0.2) is 33.1 Å². The van der Waals surface area contributed by atoms with E-state index in [1.54, 1.807) is 0 Å². The highest BCUT2D eigenvalue weighted by molar-refractivity contribution is 5.96. The Labute approximate surface area is 102 Å². The number of aromatic nitrogens is 1. The molecule has 2 N–H and O–H groups in total. The minimum absolute atomic E-state index is 0.487. The second-order valence-electron chi connectivity index (χ2n) is 3.11. The number of pyridine rings is 1. The van der Waals surface area contributed by atoms with Crippen LogP contribution in [0.2, 0.25) is 0 Å². The summed E-state index contributed by atoms with van der Waals surface area (Å²) in [5.41, 5.74) is -1.66. The first-order valence-corrected chi connectivity index (χ1v) is 4.39. The highest BCUT2D eigenvalue weighted by Crippen LogP contribution is 2.25. The van der Waals surface area contributed by atoms with Crippen molar-refractivity contribution in [3.05, 3.63) is 27.9 Å². The molecule has 11 heteroatoms. The van der Waals surface area contributed by atoms with E-state index in [1.807, 2.05) is 0 Å². The van der Waals surface area contributed by atoms with Gasteiger partial charge < -0.3 is 5.11 Å². The summed E-state index contributed by atoms with van der Waals surface area (Å²) < 4.78 is 35.9. The Morgan fingerprint density at radius 3 is 2.42 bits per heavy atom. The number of anilines is 1. The number of hydrogen-bond acceptors (Lipinski definition) is 5. The van der Waals surface area contributed by atoms with Gasteiger partial charge in [-0.25, -0.2) is 9.78 Å². The average Bonchev–Trinajstić information content (AvgIpc) is 2.27. The maximum Gasteiger partial charge on any atom is 0.471 e. The Bertz CT molecular complexity index is 557. The van der Waals surface area contributed by atoms with E-state index >= 15 is 0 Å². The zero-order valence-corrected chi connectivity index (χ0v) is 8.76. The lowest BCUT2D eigenvalue weighted by molar-refractivity contribution is -0.384. The van der Waals surface area contributed by atoms with E-state index < -0.39 is 40.0 Å². The number of alkyl halides is 3. The monoisotopic (exact) mass is 279 g/mol. The van der Waals surface area contributed by atoms with Crippen molar-refractivity contribution >= 4 is 23.4 Å². The third-order valence-corrected chi connectivity index (χ3v) is 1.80. The molecule has 0 fully saturated rings. The fourth-order valence-corrected chi connectivity index (χ4v) is 0.984. The second-order valence-corrected chi connectivity index (χ2v) is 3.11. The predicted molar refractivity (Wildman–Crippen MR) is 52.5 cm³/mol. The molecule has 0 bridgehead atoms. The molecule has 1 aromatic rings. The van der Waals surface area contributed by atoms with Crippen molar-refractivity contribution in [2.24, 2.45) is 0 Å². The molecule has 102 valence electrons. The Balaban J connectivity index is 3.18. The van der Waals surface area contributed by atoms with Crippen LogP contribution in [0.15, 0.2) is 12.3 Å². The lowest BCUT2D eigenvalue weighted by Crippen LogP contribution is -2.30. The van der Waals surface area contributed by atoms with E-state index in [0.29, 0.717) is 12.3 Å². The van der Waals surface area contributed by atoms with Gasteiger partial charge in [0, 0.05) is 12.3 Å². The van der Waals surface area contributed by atoms with Crippen molar-refractivity contribution in [3.8, 4) is 0 Å². The van der Waals surface area contributed by atoms with Gasteiger partial charge in [0.15, 0.2) is 0 Å².